The first-order valence-electron chi connectivity index (χ1n) is 8.10. The standard InChI is InChI=1S/C18H25N3O/c1-15-13-20(2)18(19-15)17-14-21(11-12-22-17)10-6-9-16-7-4-3-5-8-16/h3-5,7-8,13,17H,6,9-12,14H2,1-2H3. The van der Waals surface area contributed by atoms with E-state index in [2.05, 4.69) is 51.0 Å². The van der Waals surface area contributed by atoms with E-state index in [1.165, 1.54) is 12.0 Å². The molecule has 22 heavy (non-hydrogen) atoms. The molecule has 118 valence electrons. The maximum Gasteiger partial charge on any atom is 0.139 e. The van der Waals surface area contributed by atoms with Crippen LogP contribution in [0.3, 0.4) is 0 Å². The van der Waals surface area contributed by atoms with Crippen molar-refractivity contribution < 1.29 is 4.74 Å². The molecule has 0 radical (unpaired) electrons. The minimum Gasteiger partial charge on any atom is -0.368 e. The van der Waals surface area contributed by atoms with Gasteiger partial charge in [-0.1, -0.05) is 30.3 Å². The highest BCUT2D eigenvalue weighted by atomic mass is 16.5. The van der Waals surface area contributed by atoms with Gasteiger partial charge in [-0.15, -0.1) is 0 Å². The third kappa shape index (κ3) is 3.76. The molecule has 3 rings (SSSR count). The zero-order valence-corrected chi connectivity index (χ0v) is 13.5. The molecule has 1 aromatic carbocycles. The molecule has 1 aliphatic heterocycles. The number of hydrogen-bond acceptors (Lipinski definition) is 3. The lowest BCUT2D eigenvalue weighted by atomic mass is 10.1. The largest absolute Gasteiger partial charge is 0.368 e. The zero-order chi connectivity index (χ0) is 15.4. The fraction of sp³-hybridized carbons (Fsp3) is 0.500. The normalized spacial score (nSPS) is 19.5. The highest BCUT2D eigenvalue weighted by molar-refractivity contribution is 5.14. The smallest absolute Gasteiger partial charge is 0.139 e. The van der Waals surface area contributed by atoms with E-state index in [0.717, 1.165) is 44.2 Å². The molecular formula is C18H25N3O. The summed E-state index contributed by atoms with van der Waals surface area (Å²) < 4.78 is 8.02. The average molecular weight is 299 g/mol. The van der Waals surface area contributed by atoms with Crippen LogP contribution >= 0.6 is 0 Å². The molecule has 0 bridgehead atoms. The van der Waals surface area contributed by atoms with Crippen molar-refractivity contribution in [3.05, 3.63) is 53.6 Å². The van der Waals surface area contributed by atoms with Gasteiger partial charge in [0.2, 0.25) is 0 Å². The molecule has 0 aliphatic carbocycles. The number of imidazole rings is 1. The van der Waals surface area contributed by atoms with Gasteiger partial charge >= 0.3 is 0 Å². The molecule has 2 aromatic rings. The second-order valence-electron chi connectivity index (χ2n) is 6.10. The molecular weight excluding hydrogens is 274 g/mol. The van der Waals surface area contributed by atoms with E-state index in [-0.39, 0.29) is 6.10 Å². The molecule has 4 nitrogen and oxygen atoms in total. The summed E-state index contributed by atoms with van der Waals surface area (Å²) in [4.78, 5) is 7.11. The van der Waals surface area contributed by atoms with Crippen molar-refractivity contribution in [2.24, 2.45) is 7.05 Å². The van der Waals surface area contributed by atoms with E-state index >= 15 is 0 Å². The molecule has 0 spiro atoms. The van der Waals surface area contributed by atoms with Crippen LogP contribution in [0.2, 0.25) is 0 Å². The summed E-state index contributed by atoms with van der Waals surface area (Å²) in [6.45, 7) is 5.91. The highest BCUT2D eigenvalue weighted by Crippen LogP contribution is 2.21. The Labute approximate surface area is 132 Å². The van der Waals surface area contributed by atoms with Crippen molar-refractivity contribution in [2.45, 2.75) is 25.9 Å². The molecule has 1 atom stereocenters. The van der Waals surface area contributed by atoms with Gasteiger partial charge < -0.3 is 9.30 Å². The lowest BCUT2D eigenvalue weighted by Gasteiger charge is -2.32. The van der Waals surface area contributed by atoms with Crippen molar-refractivity contribution in [2.75, 3.05) is 26.2 Å². The van der Waals surface area contributed by atoms with Crippen LogP contribution in [0.1, 0.15) is 29.6 Å². The molecule has 0 saturated carbocycles. The SMILES string of the molecule is Cc1cn(C)c(C2CN(CCCc3ccccc3)CCO2)n1. The predicted molar refractivity (Wildman–Crippen MR) is 87.8 cm³/mol. The Kier molecular flexibility index (Phi) is 4.90. The Hall–Kier alpha value is -1.65. The van der Waals surface area contributed by atoms with Crippen molar-refractivity contribution in [3.63, 3.8) is 0 Å². The summed E-state index contributed by atoms with van der Waals surface area (Å²) in [5, 5.41) is 0. The summed E-state index contributed by atoms with van der Waals surface area (Å²) in [6, 6.07) is 10.7. The Morgan fingerprint density at radius 2 is 2.09 bits per heavy atom. The quantitative estimate of drug-likeness (QED) is 0.850. The molecule has 1 unspecified atom stereocenters. The van der Waals surface area contributed by atoms with Gasteiger partial charge in [0.05, 0.1) is 12.3 Å². The zero-order valence-electron chi connectivity index (χ0n) is 13.5. The van der Waals surface area contributed by atoms with E-state index in [4.69, 9.17) is 4.74 Å². The van der Waals surface area contributed by atoms with Gasteiger partial charge in [-0.05, 0) is 31.9 Å². The van der Waals surface area contributed by atoms with Crippen molar-refractivity contribution in [1.82, 2.24) is 14.5 Å². The molecule has 1 saturated heterocycles. The lowest BCUT2D eigenvalue weighted by molar-refractivity contribution is -0.0357. The van der Waals surface area contributed by atoms with Crippen LogP contribution in [0, 0.1) is 6.92 Å². The Bertz CT molecular complexity index is 594. The van der Waals surface area contributed by atoms with E-state index in [1.54, 1.807) is 0 Å². The van der Waals surface area contributed by atoms with E-state index in [1.807, 2.05) is 14.0 Å². The van der Waals surface area contributed by atoms with Gasteiger partial charge in [0.15, 0.2) is 0 Å². The number of morpholine rings is 1. The Morgan fingerprint density at radius 3 is 2.82 bits per heavy atom. The van der Waals surface area contributed by atoms with Crippen LogP contribution in [0.5, 0.6) is 0 Å². The summed E-state index contributed by atoms with van der Waals surface area (Å²) in [6.07, 6.45) is 4.50. The minimum absolute atomic E-state index is 0.101. The van der Waals surface area contributed by atoms with Crippen LogP contribution in [0.15, 0.2) is 36.5 Å². The number of hydrogen-bond donors (Lipinski definition) is 0. The van der Waals surface area contributed by atoms with Gasteiger partial charge in [-0.2, -0.15) is 0 Å². The van der Waals surface area contributed by atoms with Crippen molar-refractivity contribution in [1.29, 1.82) is 0 Å². The number of nitrogens with zero attached hydrogens (tertiary/aromatic N) is 3. The van der Waals surface area contributed by atoms with Gasteiger partial charge in [-0.25, -0.2) is 4.98 Å². The lowest BCUT2D eigenvalue weighted by Crippen LogP contribution is -2.39. The van der Waals surface area contributed by atoms with Crippen LogP contribution < -0.4 is 0 Å². The first kappa shape index (κ1) is 15.3. The molecule has 1 fully saturated rings. The molecule has 2 heterocycles. The van der Waals surface area contributed by atoms with Gasteiger partial charge in [0, 0.05) is 26.3 Å². The molecule has 1 aromatic heterocycles. The highest BCUT2D eigenvalue weighted by Gasteiger charge is 2.24. The first-order chi connectivity index (χ1) is 10.7. The van der Waals surface area contributed by atoms with E-state index in [9.17, 15) is 0 Å². The van der Waals surface area contributed by atoms with Gasteiger partial charge in [0.25, 0.3) is 0 Å². The van der Waals surface area contributed by atoms with Gasteiger partial charge in [0.1, 0.15) is 11.9 Å². The monoisotopic (exact) mass is 299 g/mol. The molecule has 0 N–H and O–H groups in total. The maximum atomic E-state index is 5.93. The fourth-order valence-corrected chi connectivity index (χ4v) is 3.15. The summed E-state index contributed by atoms with van der Waals surface area (Å²) in [5.41, 5.74) is 2.48. The Balaban J connectivity index is 1.51. The van der Waals surface area contributed by atoms with Crippen molar-refractivity contribution in [3.8, 4) is 0 Å². The topological polar surface area (TPSA) is 30.3 Å². The van der Waals surface area contributed by atoms with E-state index < -0.39 is 0 Å². The maximum absolute atomic E-state index is 5.93. The molecule has 1 aliphatic rings. The summed E-state index contributed by atoms with van der Waals surface area (Å²) >= 11 is 0. The Morgan fingerprint density at radius 1 is 1.27 bits per heavy atom. The first-order valence-corrected chi connectivity index (χ1v) is 8.10. The van der Waals surface area contributed by atoms with Crippen LogP contribution in [-0.4, -0.2) is 40.7 Å². The third-order valence-electron chi connectivity index (χ3n) is 4.25. The fourth-order valence-electron chi connectivity index (χ4n) is 3.15. The summed E-state index contributed by atoms with van der Waals surface area (Å²) in [7, 11) is 2.05. The number of benzene rings is 1. The molecule has 4 heteroatoms. The van der Waals surface area contributed by atoms with Crippen LogP contribution in [0.4, 0.5) is 0 Å². The second-order valence-corrected chi connectivity index (χ2v) is 6.10. The second kappa shape index (κ2) is 7.07. The predicted octanol–water partition coefficient (Wildman–Crippen LogP) is 2.73. The minimum atomic E-state index is 0.101. The van der Waals surface area contributed by atoms with E-state index in [0.29, 0.717) is 0 Å². The van der Waals surface area contributed by atoms with Crippen LogP contribution in [-0.2, 0) is 18.2 Å². The summed E-state index contributed by atoms with van der Waals surface area (Å²) in [5.74, 6) is 1.05. The van der Waals surface area contributed by atoms with Gasteiger partial charge in [-0.3, -0.25) is 4.90 Å². The average Bonchev–Trinajstić information content (AvgIpc) is 2.87. The number of rotatable bonds is 5. The molecule has 0 amide bonds. The third-order valence-corrected chi connectivity index (χ3v) is 4.25. The van der Waals surface area contributed by atoms with Crippen LogP contribution in [0.25, 0.3) is 0 Å². The van der Waals surface area contributed by atoms with Crippen molar-refractivity contribution >= 4 is 0 Å². The number of aromatic nitrogens is 2. The number of ether oxygens (including phenoxy) is 1. The number of aryl methyl sites for hydroxylation is 3.